The molecule has 1 aromatic carbocycles. The van der Waals surface area contributed by atoms with Crippen molar-refractivity contribution in [2.45, 2.75) is 39.8 Å². The summed E-state index contributed by atoms with van der Waals surface area (Å²) in [5.41, 5.74) is 5.50. The van der Waals surface area contributed by atoms with Gasteiger partial charge in [-0.05, 0) is 31.0 Å². The van der Waals surface area contributed by atoms with Gasteiger partial charge in [-0.15, -0.1) is 0 Å². The van der Waals surface area contributed by atoms with E-state index in [1.54, 1.807) is 6.07 Å². The number of amides is 1. The van der Waals surface area contributed by atoms with Crippen molar-refractivity contribution < 1.29 is 23.0 Å². The predicted molar refractivity (Wildman–Crippen MR) is 83.5 cm³/mol. The van der Waals surface area contributed by atoms with Gasteiger partial charge in [0.1, 0.15) is 11.5 Å². The molecule has 0 bridgehead atoms. The standard InChI is InChI=1S/C16H24F2N2O3/c1-4-16(5-2,10-19)14(21)20-9-11-8-12(22-3)6-7-13(11)23-15(17)18/h6-8,15H,4-5,9-10,19H2,1-3H3,(H,20,21). The SMILES string of the molecule is CCC(CC)(CN)C(=O)NCc1cc(OC)ccc1OC(F)F. The summed E-state index contributed by atoms with van der Waals surface area (Å²) in [5, 5.41) is 2.76. The molecule has 0 radical (unpaired) electrons. The van der Waals surface area contributed by atoms with E-state index < -0.39 is 12.0 Å². The van der Waals surface area contributed by atoms with Gasteiger partial charge in [0.15, 0.2) is 0 Å². The fourth-order valence-electron chi connectivity index (χ4n) is 2.35. The fraction of sp³-hybridized carbons (Fsp3) is 0.562. The van der Waals surface area contributed by atoms with Crippen LogP contribution in [0.5, 0.6) is 11.5 Å². The first-order valence-electron chi connectivity index (χ1n) is 7.52. The van der Waals surface area contributed by atoms with Gasteiger partial charge in [0.05, 0.1) is 12.5 Å². The summed E-state index contributed by atoms with van der Waals surface area (Å²) in [5.74, 6) is 0.301. The lowest BCUT2D eigenvalue weighted by atomic mass is 9.81. The number of nitrogens with one attached hydrogen (secondary N) is 1. The number of benzene rings is 1. The second-order valence-electron chi connectivity index (χ2n) is 5.23. The zero-order valence-electron chi connectivity index (χ0n) is 13.7. The number of ether oxygens (including phenoxy) is 2. The molecule has 0 unspecified atom stereocenters. The topological polar surface area (TPSA) is 73.6 Å². The lowest BCUT2D eigenvalue weighted by molar-refractivity contribution is -0.131. The third-order valence-electron chi connectivity index (χ3n) is 4.15. The summed E-state index contributed by atoms with van der Waals surface area (Å²) in [6.45, 7) is 1.14. The average Bonchev–Trinajstić information content (AvgIpc) is 2.55. The lowest BCUT2D eigenvalue weighted by Gasteiger charge is -2.28. The summed E-state index contributed by atoms with van der Waals surface area (Å²) in [4.78, 5) is 12.4. The van der Waals surface area contributed by atoms with Crippen LogP contribution in [0.1, 0.15) is 32.3 Å². The van der Waals surface area contributed by atoms with Crippen LogP contribution in [0.15, 0.2) is 18.2 Å². The molecule has 3 N–H and O–H groups in total. The quantitative estimate of drug-likeness (QED) is 0.730. The van der Waals surface area contributed by atoms with E-state index in [1.165, 1.54) is 19.2 Å². The van der Waals surface area contributed by atoms with Crippen LogP contribution >= 0.6 is 0 Å². The maximum Gasteiger partial charge on any atom is 0.387 e. The minimum atomic E-state index is -2.94. The molecule has 0 heterocycles. The highest BCUT2D eigenvalue weighted by atomic mass is 19.3. The van der Waals surface area contributed by atoms with Gasteiger partial charge in [0, 0.05) is 18.7 Å². The predicted octanol–water partition coefficient (Wildman–Crippen LogP) is 2.68. The first-order chi connectivity index (χ1) is 10.9. The lowest BCUT2D eigenvalue weighted by Crippen LogP contribution is -2.45. The summed E-state index contributed by atoms with van der Waals surface area (Å²) >= 11 is 0. The van der Waals surface area contributed by atoms with Gasteiger partial charge >= 0.3 is 6.61 Å². The molecule has 1 aromatic rings. The van der Waals surface area contributed by atoms with Crippen LogP contribution in [-0.4, -0.2) is 26.2 Å². The van der Waals surface area contributed by atoms with Gasteiger partial charge in [-0.3, -0.25) is 4.79 Å². The molecule has 7 heteroatoms. The molecule has 1 rings (SSSR count). The van der Waals surface area contributed by atoms with E-state index in [2.05, 4.69) is 10.1 Å². The largest absolute Gasteiger partial charge is 0.497 e. The van der Waals surface area contributed by atoms with E-state index >= 15 is 0 Å². The monoisotopic (exact) mass is 330 g/mol. The maximum absolute atomic E-state index is 12.5. The molecule has 1 amide bonds. The van der Waals surface area contributed by atoms with Crippen molar-refractivity contribution in [3.63, 3.8) is 0 Å². The van der Waals surface area contributed by atoms with Crippen LogP contribution in [0.2, 0.25) is 0 Å². The van der Waals surface area contributed by atoms with Crippen LogP contribution in [0.3, 0.4) is 0 Å². The third kappa shape index (κ3) is 4.79. The van der Waals surface area contributed by atoms with Crippen LogP contribution in [0, 0.1) is 5.41 Å². The van der Waals surface area contributed by atoms with Crippen molar-refractivity contribution in [3.05, 3.63) is 23.8 Å². The van der Waals surface area contributed by atoms with E-state index in [4.69, 9.17) is 10.5 Å². The Hall–Kier alpha value is -1.89. The molecule has 0 aliphatic rings. The van der Waals surface area contributed by atoms with E-state index in [9.17, 15) is 13.6 Å². The van der Waals surface area contributed by atoms with E-state index in [0.29, 0.717) is 24.2 Å². The van der Waals surface area contributed by atoms with Crippen molar-refractivity contribution >= 4 is 5.91 Å². The Balaban J connectivity index is 2.92. The van der Waals surface area contributed by atoms with Gasteiger partial charge in [-0.25, -0.2) is 0 Å². The zero-order valence-corrected chi connectivity index (χ0v) is 13.7. The fourth-order valence-corrected chi connectivity index (χ4v) is 2.35. The molecule has 0 spiro atoms. The Bertz CT molecular complexity index is 512. The van der Waals surface area contributed by atoms with E-state index in [-0.39, 0.29) is 24.7 Å². The Labute approximate surface area is 135 Å². The van der Waals surface area contributed by atoms with Crippen LogP contribution in [0.25, 0.3) is 0 Å². The van der Waals surface area contributed by atoms with Crippen molar-refractivity contribution in [3.8, 4) is 11.5 Å². The Morgan fingerprint density at radius 3 is 2.48 bits per heavy atom. The normalized spacial score (nSPS) is 11.4. The number of carbonyl (C=O) groups is 1. The molecule has 0 aliphatic heterocycles. The van der Waals surface area contributed by atoms with Gasteiger partial charge in [0.2, 0.25) is 5.91 Å². The molecular formula is C16H24F2N2O3. The van der Waals surface area contributed by atoms with Crippen molar-refractivity contribution in [1.29, 1.82) is 0 Å². The van der Waals surface area contributed by atoms with E-state index in [1.807, 2.05) is 13.8 Å². The molecular weight excluding hydrogens is 306 g/mol. The minimum Gasteiger partial charge on any atom is -0.497 e. The van der Waals surface area contributed by atoms with Crippen LogP contribution in [0.4, 0.5) is 8.78 Å². The number of carbonyl (C=O) groups excluding carboxylic acids is 1. The molecule has 0 atom stereocenters. The van der Waals surface area contributed by atoms with Crippen LogP contribution < -0.4 is 20.5 Å². The average molecular weight is 330 g/mol. The summed E-state index contributed by atoms with van der Waals surface area (Å²) in [6, 6.07) is 4.47. The van der Waals surface area contributed by atoms with Crippen molar-refractivity contribution in [2.24, 2.45) is 11.1 Å². The smallest absolute Gasteiger partial charge is 0.387 e. The highest BCUT2D eigenvalue weighted by molar-refractivity contribution is 5.82. The Morgan fingerprint density at radius 1 is 1.35 bits per heavy atom. The highest BCUT2D eigenvalue weighted by Crippen LogP contribution is 2.28. The minimum absolute atomic E-state index is 0.00689. The number of alkyl halides is 2. The molecule has 0 aromatic heterocycles. The number of nitrogens with two attached hydrogens (primary N) is 1. The van der Waals surface area contributed by atoms with E-state index in [0.717, 1.165) is 0 Å². The Morgan fingerprint density at radius 2 is 2.00 bits per heavy atom. The number of hydrogen-bond donors (Lipinski definition) is 2. The van der Waals surface area contributed by atoms with Crippen LogP contribution in [-0.2, 0) is 11.3 Å². The second kappa shape index (κ2) is 8.67. The summed E-state index contributed by atoms with van der Waals surface area (Å²) in [6.07, 6.45) is 1.20. The highest BCUT2D eigenvalue weighted by Gasteiger charge is 2.33. The molecule has 0 fully saturated rings. The number of halogens is 2. The van der Waals surface area contributed by atoms with Gasteiger partial charge in [-0.1, -0.05) is 13.8 Å². The molecule has 0 saturated heterocycles. The number of rotatable bonds is 9. The first kappa shape index (κ1) is 19.2. The maximum atomic E-state index is 12.5. The van der Waals surface area contributed by atoms with Crippen molar-refractivity contribution in [2.75, 3.05) is 13.7 Å². The van der Waals surface area contributed by atoms with Gasteiger partial charge < -0.3 is 20.5 Å². The van der Waals surface area contributed by atoms with Crippen molar-refractivity contribution in [1.82, 2.24) is 5.32 Å². The zero-order chi connectivity index (χ0) is 17.5. The molecule has 5 nitrogen and oxygen atoms in total. The molecule has 0 aliphatic carbocycles. The summed E-state index contributed by atoms with van der Waals surface area (Å²) in [7, 11) is 1.47. The number of methoxy groups -OCH3 is 1. The third-order valence-corrected chi connectivity index (χ3v) is 4.15. The molecule has 0 saturated carbocycles. The number of hydrogen-bond acceptors (Lipinski definition) is 4. The molecule has 23 heavy (non-hydrogen) atoms. The molecule has 130 valence electrons. The van der Waals surface area contributed by atoms with Gasteiger partial charge in [0.25, 0.3) is 0 Å². The summed E-state index contributed by atoms with van der Waals surface area (Å²) < 4.78 is 34.5. The Kier molecular flexibility index (Phi) is 7.22. The second-order valence-corrected chi connectivity index (χ2v) is 5.23. The first-order valence-corrected chi connectivity index (χ1v) is 7.52. The van der Waals surface area contributed by atoms with Gasteiger partial charge in [-0.2, -0.15) is 8.78 Å².